The molecule has 0 spiro atoms. The fourth-order valence-corrected chi connectivity index (χ4v) is 2.75. The molecule has 0 heterocycles. The summed E-state index contributed by atoms with van der Waals surface area (Å²) in [7, 11) is 2.65. The summed E-state index contributed by atoms with van der Waals surface area (Å²) in [4.78, 5) is 2.66. The summed E-state index contributed by atoms with van der Waals surface area (Å²) in [5.74, 6) is 0. The SMILES string of the molecule is CC[Si](OC)(OC)OC.[N-]=[N+]=NCc1ccccc1. The van der Waals surface area contributed by atoms with Crippen molar-refractivity contribution in [2.75, 3.05) is 21.3 Å². The van der Waals surface area contributed by atoms with Crippen molar-refractivity contribution in [3.8, 4) is 0 Å². The lowest BCUT2D eigenvalue weighted by Gasteiger charge is -2.22. The van der Waals surface area contributed by atoms with Gasteiger partial charge in [0.2, 0.25) is 0 Å². The van der Waals surface area contributed by atoms with E-state index in [2.05, 4.69) is 10.0 Å². The van der Waals surface area contributed by atoms with Crippen molar-refractivity contribution in [2.45, 2.75) is 19.5 Å². The van der Waals surface area contributed by atoms with Crippen molar-refractivity contribution in [1.29, 1.82) is 0 Å². The molecule has 0 N–H and O–H groups in total. The van der Waals surface area contributed by atoms with Crippen LogP contribution in [0.1, 0.15) is 12.5 Å². The molecule has 0 aliphatic rings. The molecule has 0 saturated heterocycles. The maximum absolute atomic E-state index is 7.99. The smallest absolute Gasteiger partial charge is 0.377 e. The Kier molecular flexibility index (Phi) is 9.78. The van der Waals surface area contributed by atoms with Crippen LogP contribution in [0.3, 0.4) is 0 Å². The molecule has 0 amide bonds. The zero-order valence-electron chi connectivity index (χ0n) is 11.9. The first-order chi connectivity index (χ1) is 9.17. The zero-order valence-corrected chi connectivity index (χ0v) is 12.9. The first kappa shape index (κ1) is 17.6. The molecule has 0 radical (unpaired) electrons. The molecule has 0 fully saturated rings. The molecule has 106 valence electrons. The highest BCUT2D eigenvalue weighted by atomic mass is 28.4. The van der Waals surface area contributed by atoms with Gasteiger partial charge in [-0.05, 0) is 11.1 Å². The van der Waals surface area contributed by atoms with E-state index in [0.717, 1.165) is 11.6 Å². The Balaban J connectivity index is 0.000000344. The third kappa shape index (κ3) is 6.95. The van der Waals surface area contributed by atoms with Crippen LogP contribution in [-0.4, -0.2) is 30.1 Å². The lowest BCUT2D eigenvalue weighted by molar-refractivity contribution is 0.125. The summed E-state index contributed by atoms with van der Waals surface area (Å²) in [6, 6.07) is 10.4. The van der Waals surface area contributed by atoms with Crippen LogP contribution in [0.25, 0.3) is 10.4 Å². The molecule has 0 aliphatic carbocycles. The van der Waals surface area contributed by atoms with Crippen molar-refractivity contribution in [2.24, 2.45) is 5.11 Å². The molecule has 0 aromatic heterocycles. The van der Waals surface area contributed by atoms with Crippen LogP contribution in [0.4, 0.5) is 0 Å². The predicted molar refractivity (Wildman–Crippen MR) is 76.6 cm³/mol. The summed E-state index contributed by atoms with van der Waals surface area (Å²) >= 11 is 0. The highest BCUT2D eigenvalue weighted by molar-refractivity contribution is 6.60. The fourth-order valence-electron chi connectivity index (χ4n) is 1.38. The zero-order chi connectivity index (χ0) is 14.6. The topological polar surface area (TPSA) is 76.5 Å². The van der Waals surface area contributed by atoms with Gasteiger partial charge in [0.05, 0.1) is 6.54 Å². The van der Waals surface area contributed by atoms with Gasteiger partial charge in [-0.2, -0.15) is 0 Å². The van der Waals surface area contributed by atoms with Crippen LogP contribution >= 0.6 is 0 Å². The highest BCUT2D eigenvalue weighted by Crippen LogP contribution is 2.10. The van der Waals surface area contributed by atoms with Gasteiger partial charge in [0, 0.05) is 32.3 Å². The second-order valence-corrected chi connectivity index (χ2v) is 6.82. The minimum Gasteiger partial charge on any atom is -0.377 e. The summed E-state index contributed by atoms with van der Waals surface area (Å²) in [6.07, 6.45) is 0. The normalized spacial score (nSPS) is 10.1. The van der Waals surface area contributed by atoms with Crippen molar-refractivity contribution in [1.82, 2.24) is 0 Å². The van der Waals surface area contributed by atoms with E-state index in [-0.39, 0.29) is 0 Å². The van der Waals surface area contributed by atoms with Gasteiger partial charge in [0.25, 0.3) is 0 Å². The standard InChI is InChI=1S/C7H7N3.C5H14O3Si/c8-10-9-6-7-4-2-1-3-5-7;1-5-9(6-2,7-3)8-4/h1-5H,6H2;5H2,1-4H3. The van der Waals surface area contributed by atoms with Crippen molar-refractivity contribution in [3.63, 3.8) is 0 Å². The molecule has 1 rings (SSSR count). The molecule has 1 aromatic rings. The lowest BCUT2D eigenvalue weighted by Crippen LogP contribution is -2.41. The average Bonchev–Trinajstić information content (AvgIpc) is 2.50. The van der Waals surface area contributed by atoms with Crippen LogP contribution in [0.2, 0.25) is 6.04 Å². The molecule has 1 aromatic carbocycles. The van der Waals surface area contributed by atoms with Crippen LogP contribution in [0.5, 0.6) is 0 Å². The number of rotatable bonds is 6. The van der Waals surface area contributed by atoms with Gasteiger partial charge >= 0.3 is 8.80 Å². The van der Waals surface area contributed by atoms with Crippen LogP contribution in [-0.2, 0) is 19.8 Å². The molecule has 0 atom stereocenters. The second kappa shape index (κ2) is 10.5. The summed E-state index contributed by atoms with van der Waals surface area (Å²) in [5.41, 5.74) is 9.03. The van der Waals surface area contributed by atoms with Crippen molar-refractivity contribution in [3.05, 3.63) is 46.3 Å². The fraction of sp³-hybridized carbons (Fsp3) is 0.500. The van der Waals surface area contributed by atoms with Gasteiger partial charge in [-0.1, -0.05) is 42.4 Å². The van der Waals surface area contributed by atoms with Crippen LogP contribution < -0.4 is 0 Å². The third-order valence-electron chi connectivity index (χ3n) is 2.53. The predicted octanol–water partition coefficient (Wildman–Crippen LogP) is 3.38. The minimum absolute atomic E-state index is 0.442. The number of hydrogen-bond donors (Lipinski definition) is 0. The molecular formula is C12H21N3O3Si. The maximum atomic E-state index is 7.99. The van der Waals surface area contributed by atoms with Gasteiger partial charge in [0.1, 0.15) is 0 Å². The molecule has 6 nitrogen and oxygen atoms in total. The Bertz CT molecular complexity index is 362. The molecular weight excluding hydrogens is 262 g/mol. The maximum Gasteiger partial charge on any atom is 0.499 e. The number of nitrogens with zero attached hydrogens (tertiary/aromatic N) is 3. The van der Waals surface area contributed by atoms with E-state index < -0.39 is 8.80 Å². The first-order valence-corrected chi connectivity index (χ1v) is 7.81. The Morgan fingerprint density at radius 1 is 1.11 bits per heavy atom. The van der Waals surface area contributed by atoms with Crippen LogP contribution in [0, 0.1) is 0 Å². The van der Waals surface area contributed by atoms with Gasteiger partial charge in [-0.15, -0.1) is 0 Å². The van der Waals surface area contributed by atoms with E-state index in [1.807, 2.05) is 37.3 Å². The Hall–Kier alpha value is -1.37. The van der Waals surface area contributed by atoms with E-state index >= 15 is 0 Å². The summed E-state index contributed by atoms with van der Waals surface area (Å²) in [6.45, 7) is 2.43. The molecule has 0 saturated carbocycles. The van der Waals surface area contributed by atoms with Gasteiger partial charge in [-0.3, -0.25) is 0 Å². The highest BCUT2D eigenvalue weighted by Gasteiger charge is 2.34. The number of hydrogen-bond acceptors (Lipinski definition) is 4. The Labute approximate surface area is 115 Å². The van der Waals surface area contributed by atoms with Crippen molar-refractivity contribution >= 4 is 8.80 Å². The van der Waals surface area contributed by atoms with E-state index in [1.54, 1.807) is 21.3 Å². The van der Waals surface area contributed by atoms with E-state index in [9.17, 15) is 0 Å². The molecule has 19 heavy (non-hydrogen) atoms. The number of azide groups is 1. The first-order valence-electron chi connectivity index (χ1n) is 5.88. The summed E-state index contributed by atoms with van der Waals surface area (Å²) in [5, 5.41) is 3.42. The molecule has 0 bridgehead atoms. The van der Waals surface area contributed by atoms with E-state index in [0.29, 0.717) is 6.54 Å². The van der Waals surface area contributed by atoms with E-state index in [4.69, 9.17) is 18.8 Å². The quantitative estimate of drug-likeness (QED) is 0.347. The Morgan fingerprint density at radius 3 is 1.95 bits per heavy atom. The largest absolute Gasteiger partial charge is 0.499 e. The molecule has 0 aliphatic heterocycles. The van der Waals surface area contributed by atoms with E-state index in [1.165, 1.54) is 0 Å². The lowest BCUT2D eigenvalue weighted by atomic mass is 10.2. The monoisotopic (exact) mass is 283 g/mol. The van der Waals surface area contributed by atoms with Crippen LogP contribution in [0.15, 0.2) is 35.4 Å². The molecule has 0 unspecified atom stereocenters. The number of benzene rings is 1. The third-order valence-corrected chi connectivity index (χ3v) is 5.26. The molecule has 7 heteroatoms. The minimum atomic E-state index is -2.19. The summed E-state index contributed by atoms with van der Waals surface area (Å²) < 4.78 is 15.2. The average molecular weight is 283 g/mol. The van der Waals surface area contributed by atoms with Gasteiger partial charge in [0.15, 0.2) is 0 Å². The van der Waals surface area contributed by atoms with Crippen molar-refractivity contribution < 1.29 is 13.3 Å². The second-order valence-electron chi connectivity index (χ2n) is 3.52. The van der Waals surface area contributed by atoms with Gasteiger partial charge in [-0.25, -0.2) is 0 Å². The van der Waals surface area contributed by atoms with Gasteiger partial charge < -0.3 is 13.3 Å². The Morgan fingerprint density at radius 2 is 1.63 bits per heavy atom.